The Morgan fingerprint density at radius 2 is 1.65 bits per heavy atom. The zero-order valence-corrected chi connectivity index (χ0v) is 17.1. The molecule has 7 heteroatoms. The van der Waals surface area contributed by atoms with Gasteiger partial charge in [0.1, 0.15) is 0 Å². The van der Waals surface area contributed by atoms with Gasteiger partial charge in [0.25, 0.3) is 5.91 Å². The smallest absolute Gasteiger partial charge is 0.266 e. The first-order valence-electron chi connectivity index (χ1n) is 9.93. The van der Waals surface area contributed by atoms with E-state index in [1.165, 1.54) is 0 Å². The molecule has 2 heterocycles. The van der Waals surface area contributed by atoms with E-state index >= 15 is 0 Å². The van der Waals surface area contributed by atoms with E-state index in [1.807, 2.05) is 55.5 Å². The second-order valence-corrected chi connectivity index (χ2v) is 7.13. The van der Waals surface area contributed by atoms with E-state index in [4.69, 9.17) is 15.9 Å². The van der Waals surface area contributed by atoms with Crippen LogP contribution in [0.1, 0.15) is 15.9 Å². The minimum absolute atomic E-state index is 0.0939. The van der Waals surface area contributed by atoms with Crippen LogP contribution < -0.4 is 16.6 Å². The minimum Gasteiger partial charge on any atom is -0.395 e. The molecule has 0 atom stereocenters. The lowest BCUT2D eigenvalue weighted by atomic mass is 9.96. The summed E-state index contributed by atoms with van der Waals surface area (Å²) in [6, 6.07) is 17.9. The number of carbonyl (C=O) groups is 1. The fourth-order valence-corrected chi connectivity index (χ4v) is 3.65. The summed E-state index contributed by atoms with van der Waals surface area (Å²) in [7, 11) is 0. The molecule has 0 saturated heterocycles. The Hall–Kier alpha value is -3.81. The average Bonchev–Trinajstić information content (AvgIpc) is 2.82. The van der Waals surface area contributed by atoms with Crippen molar-refractivity contribution in [1.82, 2.24) is 15.4 Å². The lowest BCUT2D eigenvalue weighted by Gasteiger charge is -2.14. The molecule has 0 spiro atoms. The van der Waals surface area contributed by atoms with Gasteiger partial charge in [-0.05, 0) is 41.8 Å². The number of anilines is 1. The molecule has 0 aliphatic rings. The lowest BCUT2D eigenvalue weighted by molar-refractivity contribution is 0.0954. The molecule has 156 valence electrons. The highest BCUT2D eigenvalue weighted by Crippen LogP contribution is 2.31. The number of fused-ring (bicyclic) bond motifs is 1. The van der Waals surface area contributed by atoms with Crippen molar-refractivity contribution in [3.63, 3.8) is 0 Å². The number of hydrazine groups is 1. The first kappa shape index (κ1) is 20.5. The molecular weight excluding hydrogens is 390 g/mol. The molecule has 0 radical (unpaired) electrons. The molecule has 7 nitrogen and oxygen atoms in total. The molecule has 0 aliphatic carbocycles. The number of nitrogens with one attached hydrogen (secondary N) is 2. The standard InChI is InChI=1S/C24H23N5O2/c1-15-22(24(31)29-25)20-14-26-11-10-21(20)28-23(15)18-4-2-16(3-5-18)17-6-8-19(9-7-17)27-12-13-30/h2-11,14,27,30H,12-13,25H2,1H3,(H,29,31). The molecule has 4 aromatic rings. The van der Waals surface area contributed by atoms with E-state index in [2.05, 4.69) is 15.7 Å². The first-order valence-corrected chi connectivity index (χ1v) is 9.93. The van der Waals surface area contributed by atoms with Gasteiger partial charge in [0.15, 0.2) is 0 Å². The highest BCUT2D eigenvalue weighted by atomic mass is 16.3. The number of aliphatic hydroxyl groups is 1. The Morgan fingerprint density at radius 3 is 2.29 bits per heavy atom. The van der Waals surface area contributed by atoms with Gasteiger partial charge in [0.05, 0.1) is 23.4 Å². The van der Waals surface area contributed by atoms with Crippen LogP contribution in [0.5, 0.6) is 0 Å². The van der Waals surface area contributed by atoms with Crippen LogP contribution >= 0.6 is 0 Å². The number of aliphatic hydroxyl groups excluding tert-OH is 1. The van der Waals surface area contributed by atoms with Crippen LogP contribution in [0.25, 0.3) is 33.3 Å². The summed E-state index contributed by atoms with van der Waals surface area (Å²) in [5.41, 5.74) is 8.89. The Morgan fingerprint density at radius 1 is 1.00 bits per heavy atom. The van der Waals surface area contributed by atoms with Gasteiger partial charge in [-0.25, -0.2) is 10.8 Å². The van der Waals surface area contributed by atoms with Crippen molar-refractivity contribution in [1.29, 1.82) is 0 Å². The summed E-state index contributed by atoms with van der Waals surface area (Å²) in [6.45, 7) is 2.48. The number of pyridine rings is 2. The fourth-order valence-electron chi connectivity index (χ4n) is 3.65. The van der Waals surface area contributed by atoms with Gasteiger partial charge in [-0.3, -0.25) is 15.2 Å². The molecule has 0 unspecified atom stereocenters. The molecule has 0 fully saturated rings. The minimum atomic E-state index is -0.370. The predicted octanol–water partition coefficient (Wildman–Crippen LogP) is 3.28. The Balaban J connectivity index is 1.71. The van der Waals surface area contributed by atoms with Crippen LogP contribution in [0.4, 0.5) is 5.69 Å². The van der Waals surface area contributed by atoms with Crippen LogP contribution in [0, 0.1) is 6.92 Å². The highest BCUT2D eigenvalue weighted by molar-refractivity contribution is 6.08. The number of aromatic nitrogens is 2. The number of benzene rings is 2. The Kier molecular flexibility index (Phi) is 5.88. The van der Waals surface area contributed by atoms with E-state index in [-0.39, 0.29) is 12.5 Å². The molecule has 31 heavy (non-hydrogen) atoms. The number of rotatable bonds is 6. The SMILES string of the molecule is Cc1c(-c2ccc(-c3ccc(NCCO)cc3)cc2)nc2ccncc2c1C(=O)NN. The number of nitrogens with zero attached hydrogens (tertiary/aromatic N) is 2. The van der Waals surface area contributed by atoms with E-state index in [0.717, 1.165) is 33.6 Å². The molecule has 2 aromatic heterocycles. The topological polar surface area (TPSA) is 113 Å². The summed E-state index contributed by atoms with van der Waals surface area (Å²) in [5.74, 6) is 5.05. The maximum atomic E-state index is 12.5. The van der Waals surface area contributed by atoms with E-state index in [0.29, 0.717) is 23.0 Å². The highest BCUT2D eigenvalue weighted by Gasteiger charge is 2.18. The molecule has 0 aliphatic heterocycles. The zero-order chi connectivity index (χ0) is 21.8. The van der Waals surface area contributed by atoms with Crippen LogP contribution in [0.2, 0.25) is 0 Å². The predicted molar refractivity (Wildman–Crippen MR) is 122 cm³/mol. The Labute approximate surface area is 179 Å². The number of amides is 1. The molecule has 2 aromatic carbocycles. The average molecular weight is 413 g/mol. The van der Waals surface area contributed by atoms with Crippen molar-refractivity contribution < 1.29 is 9.90 Å². The van der Waals surface area contributed by atoms with Gasteiger partial charge in [-0.1, -0.05) is 36.4 Å². The molecule has 4 rings (SSSR count). The number of hydrogen-bond acceptors (Lipinski definition) is 6. The summed E-state index contributed by atoms with van der Waals surface area (Å²) >= 11 is 0. The first-order chi connectivity index (χ1) is 15.1. The van der Waals surface area contributed by atoms with Crippen molar-refractivity contribution in [2.24, 2.45) is 5.84 Å². The van der Waals surface area contributed by atoms with Gasteiger partial charge in [0.2, 0.25) is 0 Å². The second-order valence-electron chi connectivity index (χ2n) is 7.13. The number of carbonyl (C=O) groups excluding carboxylic acids is 1. The van der Waals surface area contributed by atoms with Gasteiger partial charge in [-0.2, -0.15) is 0 Å². The van der Waals surface area contributed by atoms with Crippen LogP contribution in [0.15, 0.2) is 67.0 Å². The van der Waals surface area contributed by atoms with Crippen molar-refractivity contribution in [3.8, 4) is 22.4 Å². The summed E-state index contributed by atoms with van der Waals surface area (Å²) in [5, 5.41) is 12.7. The summed E-state index contributed by atoms with van der Waals surface area (Å²) in [4.78, 5) is 21.4. The van der Waals surface area contributed by atoms with Gasteiger partial charge < -0.3 is 10.4 Å². The monoisotopic (exact) mass is 413 g/mol. The third-order valence-corrected chi connectivity index (χ3v) is 5.21. The second kappa shape index (κ2) is 8.91. The normalized spacial score (nSPS) is 10.8. The van der Waals surface area contributed by atoms with Gasteiger partial charge in [0, 0.05) is 35.6 Å². The quantitative estimate of drug-likeness (QED) is 0.219. The zero-order valence-electron chi connectivity index (χ0n) is 17.1. The van der Waals surface area contributed by atoms with E-state index < -0.39 is 0 Å². The number of hydrogen-bond donors (Lipinski definition) is 4. The summed E-state index contributed by atoms with van der Waals surface area (Å²) < 4.78 is 0. The van der Waals surface area contributed by atoms with Crippen molar-refractivity contribution in [2.75, 3.05) is 18.5 Å². The summed E-state index contributed by atoms with van der Waals surface area (Å²) in [6.07, 6.45) is 3.28. The van der Waals surface area contributed by atoms with Crippen molar-refractivity contribution >= 4 is 22.5 Å². The van der Waals surface area contributed by atoms with Crippen LogP contribution in [0.3, 0.4) is 0 Å². The Bertz CT molecular complexity index is 1220. The fraction of sp³-hybridized carbons (Fsp3) is 0.125. The third kappa shape index (κ3) is 4.09. The molecular formula is C24H23N5O2. The lowest BCUT2D eigenvalue weighted by Crippen LogP contribution is -2.31. The van der Waals surface area contributed by atoms with Crippen LogP contribution in [-0.2, 0) is 0 Å². The maximum absolute atomic E-state index is 12.5. The van der Waals surface area contributed by atoms with Crippen molar-refractivity contribution in [3.05, 3.63) is 78.1 Å². The molecule has 5 N–H and O–H groups in total. The van der Waals surface area contributed by atoms with E-state index in [1.54, 1.807) is 18.5 Å². The van der Waals surface area contributed by atoms with Gasteiger partial charge in [-0.15, -0.1) is 0 Å². The van der Waals surface area contributed by atoms with Gasteiger partial charge >= 0.3 is 0 Å². The largest absolute Gasteiger partial charge is 0.395 e. The third-order valence-electron chi connectivity index (χ3n) is 5.21. The molecule has 0 saturated carbocycles. The molecule has 1 amide bonds. The van der Waals surface area contributed by atoms with Crippen LogP contribution in [-0.4, -0.2) is 34.1 Å². The molecule has 0 bridgehead atoms. The number of nitrogen functional groups attached to an aromatic ring is 1. The number of nitrogens with two attached hydrogens (primary N) is 1. The maximum Gasteiger partial charge on any atom is 0.266 e. The van der Waals surface area contributed by atoms with Crippen molar-refractivity contribution in [2.45, 2.75) is 6.92 Å². The van der Waals surface area contributed by atoms with E-state index in [9.17, 15) is 4.79 Å².